The summed E-state index contributed by atoms with van der Waals surface area (Å²) >= 11 is 0. The van der Waals surface area contributed by atoms with Crippen molar-refractivity contribution in [3.63, 3.8) is 0 Å². The SMILES string of the molecule is CCC(O)(NCCCN)NCCCN. The van der Waals surface area contributed by atoms with Gasteiger partial charge in [-0.2, -0.15) is 0 Å². The van der Waals surface area contributed by atoms with Gasteiger partial charge in [-0.05, 0) is 25.9 Å². The average molecular weight is 204 g/mol. The van der Waals surface area contributed by atoms with Crippen molar-refractivity contribution in [1.29, 1.82) is 0 Å². The van der Waals surface area contributed by atoms with Crippen LogP contribution in [0.25, 0.3) is 0 Å². The van der Waals surface area contributed by atoms with Gasteiger partial charge in [-0.25, -0.2) is 0 Å². The largest absolute Gasteiger partial charge is 0.363 e. The molecule has 0 aliphatic rings. The van der Waals surface area contributed by atoms with Gasteiger partial charge in [0.25, 0.3) is 0 Å². The molecule has 5 heteroatoms. The van der Waals surface area contributed by atoms with Crippen LogP contribution < -0.4 is 22.1 Å². The summed E-state index contributed by atoms with van der Waals surface area (Å²) in [5.74, 6) is -0.968. The minimum atomic E-state index is -0.968. The van der Waals surface area contributed by atoms with E-state index in [1.54, 1.807) is 0 Å². The number of nitrogens with two attached hydrogens (primary N) is 2. The van der Waals surface area contributed by atoms with Crippen LogP contribution in [0, 0.1) is 0 Å². The third-order valence-electron chi connectivity index (χ3n) is 2.11. The van der Waals surface area contributed by atoms with E-state index in [1.165, 1.54) is 0 Å². The summed E-state index contributed by atoms with van der Waals surface area (Å²) in [5, 5.41) is 16.0. The monoisotopic (exact) mass is 204 g/mol. The first-order valence-electron chi connectivity index (χ1n) is 5.31. The van der Waals surface area contributed by atoms with Crippen molar-refractivity contribution >= 4 is 0 Å². The Hall–Kier alpha value is -0.200. The summed E-state index contributed by atoms with van der Waals surface area (Å²) in [6, 6.07) is 0. The van der Waals surface area contributed by atoms with Crippen molar-refractivity contribution in [3.8, 4) is 0 Å². The van der Waals surface area contributed by atoms with E-state index in [0.717, 1.165) is 25.9 Å². The molecule has 0 rings (SSSR count). The van der Waals surface area contributed by atoms with Gasteiger partial charge in [0.1, 0.15) is 0 Å². The van der Waals surface area contributed by atoms with Crippen LogP contribution in [0.4, 0.5) is 0 Å². The van der Waals surface area contributed by atoms with E-state index in [-0.39, 0.29) is 0 Å². The van der Waals surface area contributed by atoms with Crippen molar-refractivity contribution < 1.29 is 5.11 Å². The molecule has 0 aromatic carbocycles. The topological polar surface area (TPSA) is 96.3 Å². The van der Waals surface area contributed by atoms with Crippen LogP contribution in [-0.2, 0) is 0 Å². The summed E-state index contributed by atoms with van der Waals surface area (Å²) in [6.45, 7) is 4.63. The maximum Gasteiger partial charge on any atom is 0.171 e. The van der Waals surface area contributed by atoms with E-state index in [1.807, 2.05) is 6.92 Å². The van der Waals surface area contributed by atoms with Gasteiger partial charge in [-0.1, -0.05) is 6.92 Å². The molecule has 0 amide bonds. The smallest absolute Gasteiger partial charge is 0.171 e. The molecule has 5 nitrogen and oxygen atoms in total. The van der Waals surface area contributed by atoms with Crippen LogP contribution in [-0.4, -0.2) is 37.1 Å². The van der Waals surface area contributed by atoms with E-state index in [0.29, 0.717) is 19.5 Å². The van der Waals surface area contributed by atoms with E-state index in [2.05, 4.69) is 10.6 Å². The zero-order chi connectivity index (χ0) is 10.9. The second-order valence-corrected chi connectivity index (χ2v) is 3.35. The lowest BCUT2D eigenvalue weighted by molar-refractivity contribution is -0.0310. The molecular weight excluding hydrogens is 180 g/mol. The van der Waals surface area contributed by atoms with Gasteiger partial charge >= 0.3 is 0 Å². The summed E-state index contributed by atoms with van der Waals surface area (Å²) in [7, 11) is 0. The third-order valence-corrected chi connectivity index (χ3v) is 2.11. The van der Waals surface area contributed by atoms with Gasteiger partial charge in [0.2, 0.25) is 0 Å². The van der Waals surface area contributed by atoms with Crippen LogP contribution in [0.5, 0.6) is 0 Å². The Morgan fingerprint density at radius 1 is 1.07 bits per heavy atom. The highest BCUT2D eigenvalue weighted by atomic mass is 16.3. The fraction of sp³-hybridized carbons (Fsp3) is 1.00. The zero-order valence-electron chi connectivity index (χ0n) is 9.05. The summed E-state index contributed by atoms with van der Waals surface area (Å²) in [4.78, 5) is 0. The minimum absolute atomic E-state index is 0.613. The molecule has 7 N–H and O–H groups in total. The lowest BCUT2D eigenvalue weighted by Crippen LogP contribution is -2.57. The number of hydrogen-bond acceptors (Lipinski definition) is 5. The Morgan fingerprint density at radius 2 is 1.50 bits per heavy atom. The van der Waals surface area contributed by atoms with Crippen molar-refractivity contribution in [2.24, 2.45) is 11.5 Å². The summed E-state index contributed by atoms with van der Waals surface area (Å²) in [5.41, 5.74) is 10.7. The van der Waals surface area contributed by atoms with Crippen molar-refractivity contribution in [1.82, 2.24) is 10.6 Å². The molecule has 0 fully saturated rings. The van der Waals surface area contributed by atoms with Gasteiger partial charge in [-0.15, -0.1) is 0 Å². The summed E-state index contributed by atoms with van der Waals surface area (Å²) < 4.78 is 0. The lowest BCUT2D eigenvalue weighted by Gasteiger charge is -2.29. The minimum Gasteiger partial charge on any atom is -0.363 e. The molecule has 0 aromatic rings. The number of rotatable bonds is 9. The molecule has 0 aromatic heterocycles. The molecule has 86 valence electrons. The summed E-state index contributed by atoms with van der Waals surface area (Å²) in [6.07, 6.45) is 2.34. The van der Waals surface area contributed by atoms with Gasteiger partial charge in [0, 0.05) is 19.5 Å². The van der Waals surface area contributed by atoms with E-state index in [4.69, 9.17) is 11.5 Å². The Kier molecular flexibility index (Phi) is 8.02. The highest BCUT2D eigenvalue weighted by Gasteiger charge is 2.21. The molecule has 0 bridgehead atoms. The van der Waals surface area contributed by atoms with Crippen molar-refractivity contribution in [2.75, 3.05) is 26.2 Å². The molecule has 0 spiro atoms. The van der Waals surface area contributed by atoms with Gasteiger partial charge in [0.15, 0.2) is 5.85 Å². The van der Waals surface area contributed by atoms with Gasteiger partial charge in [0.05, 0.1) is 0 Å². The van der Waals surface area contributed by atoms with Crippen molar-refractivity contribution in [3.05, 3.63) is 0 Å². The average Bonchev–Trinajstić information content (AvgIpc) is 2.19. The van der Waals surface area contributed by atoms with Gasteiger partial charge in [-0.3, -0.25) is 10.6 Å². The van der Waals surface area contributed by atoms with Gasteiger partial charge < -0.3 is 16.6 Å². The Labute approximate surface area is 86.2 Å². The number of aliphatic hydroxyl groups is 1. The van der Waals surface area contributed by atoms with E-state index < -0.39 is 5.85 Å². The highest BCUT2D eigenvalue weighted by molar-refractivity contribution is 4.71. The fourth-order valence-electron chi connectivity index (χ4n) is 1.11. The van der Waals surface area contributed by atoms with Crippen LogP contribution in [0.2, 0.25) is 0 Å². The standard InChI is InChI=1S/C9H24N4O/c1-2-9(14,12-7-3-5-10)13-8-4-6-11/h12-14H,2-8,10-11H2,1H3. The first-order valence-corrected chi connectivity index (χ1v) is 5.31. The van der Waals surface area contributed by atoms with E-state index in [9.17, 15) is 5.11 Å². The van der Waals surface area contributed by atoms with Crippen molar-refractivity contribution in [2.45, 2.75) is 32.0 Å². The van der Waals surface area contributed by atoms with Crippen LogP contribution in [0.1, 0.15) is 26.2 Å². The molecular formula is C9H24N4O. The zero-order valence-corrected chi connectivity index (χ0v) is 9.05. The van der Waals surface area contributed by atoms with E-state index >= 15 is 0 Å². The Balaban J connectivity index is 3.67. The molecule has 0 saturated carbocycles. The van der Waals surface area contributed by atoms with Crippen LogP contribution in [0.3, 0.4) is 0 Å². The predicted molar refractivity (Wildman–Crippen MR) is 58.6 cm³/mol. The molecule has 0 unspecified atom stereocenters. The fourth-order valence-corrected chi connectivity index (χ4v) is 1.11. The third kappa shape index (κ3) is 6.28. The molecule has 0 atom stereocenters. The number of nitrogens with one attached hydrogen (secondary N) is 2. The second-order valence-electron chi connectivity index (χ2n) is 3.35. The molecule has 0 heterocycles. The predicted octanol–water partition coefficient (Wildman–Crippen LogP) is -1.08. The maximum atomic E-state index is 9.97. The Bertz CT molecular complexity index is 122. The first-order chi connectivity index (χ1) is 6.68. The highest BCUT2D eigenvalue weighted by Crippen LogP contribution is 2.00. The van der Waals surface area contributed by atoms with Crippen LogP contribution in [0.15, 0.2) is 0 Å². The maximum absolute atomic E-state index is 9.97. The quantitative estimate of drug-likeness (QED) is 0.243. The van der Waals surface area contributed by atoms with Crippen LogP contribution >= 0.6 is 0 Å². The second kappa shape index (κ2) is 8.14. The molecule has 0 aliphatic heterocycles. The normalized spacial score (nSPS) is 12.0. The lowest BCUT2D eigenvalue weighted by atomic mass is 10.2. The molecule has 0 aliphatic carbocycles. The number of hydrogen-bond donors (Lipinski definition) is 5. The first kappa shape index (κ1) is 13.8. The Morgan fingerprint density at radius 3 is 1.79 bits per heavy atom. The molecule has 14 heavy (non-hydrogen) atoms. The molecule has 0 radical (unpaired) electrons. The molecule has 0 saturated heterocycles.